The molecule has 7 heteroatoms. The highest BCUT2D eigenvalue weighted by Crippen LogP contribution is 2.21. The highest BCUT2D eigenvalue weighted by molar-refractivity contribution is 7.11. The molecule has 6 nitrogen and oxygen atoms in total. The summed E-state index contributed by atoms with van der Waals surface area (Å²) in [5.41, 5.74) is 2.89. The van der Waals surface area contributed by atoms with E-state index in [-0.39, 0.29) is 11.9 Å². The molecule has 0 saturated carbocycles. The highest BCUT2D eigenvalue weighted by atomic mass is 32.1. The lowest BCUT2D eigenvalue weighted by Crippen LogP contribution is -2.41. The van der Waals surface area contributed by atoms with E-state index in [1.165, 1.54) is 0 Å². The van der Waals surface area contributed by atoms with Gasteiger partial charge < -0.3 is 15.6 Å². The second kappa shape index (κ2) is 6.58. The molecule has 3 heterocycles. The van der Waals surface area contributed by atoms with Gasteiger partial charge in [-0.25, -0.2) is 9.97 Å². The largest absolute Gasteiger partial charge is 0.349 e. The molecule has 22 heavy (non-hydrogen) atoms. The van der Waals surface area contributed by atoms with Gasteiger partial charge in [0, 0.05) is 23.5 Å². The fourth-order valence-corrected chi connectivity index (χ4v) is 3.79. The first-order chi connectivity index (χ1) is 10.7. The van der Waals surface area contributed by atoms with Crippen molar-refractivity contribution in [2.75, 3.05) is 6.54 Å². The zero-order chi connectivity index (χ0) is 15.5. The molecule has 1 amide bonds. The molecule has 0 aromatic carbocycles. The Labute approximate surface area is 133 Å². The fraction of sp³-hybridized carbons (Fsp3) is 0.533. The first-order valence-corrected chi connectivity index (χ1v) is 8.49. The fourth-order valence-electron chi connectivity index (χ4n) is 2.68. The van der Waals surface area contributed by atoms with Crippen LogP contribution in [0.4, 0.5) is 0 Å². The molecule has 0 fully saturated rings. The number of hydrogen-bond donors (Lipinski definition) is 3. The van der Waals surface area contributed by atoms with Crippen molar-refractivity contribution >= 4 is 17.2 Å². The molecule has 2 aromatic heterocycles. The summed E-state index contributed by atoms with van der Waals surface area (Å²) < 4.78 is 0. The van der Waals surface area contributed by atoms with Gasteiger partial charge in [0.1, 0.15) is 6.04 Å². The number of aromatic nitrogens is 3. The number of thiazole rings is 1. The molecule has 0 spiro atoms. The van der Waals surface area contributed by atoms with Crippen LogP contribution in [0.15, 0.2) is 6.33 Å². The van der Waals surface area contributed by atoms with E-state index in [4.69, 9.17) is 0 Å². The van der Waals surface area contributed by atoms with Crippen molar-refractivity contribution in [3.8, 4) is 0 Å². The average molecular weight is 319 g/mol. The molecule has 0 unspecified atom stereocenters. The van der Waals surface area contributed by atoms with Crippen molar-refractivity contribution in [3.05, 3.63) is 33.3 Å². The molecular formula is C15H21N5OS. The van der Waals surface area contributed by atoms with Crippen LogP contribution < -0.4 is 10.6 Å². The van der Waals surface area contributed by atoms with Crippen LogP contribution in [0.1, 0.15) is 46.4 Å². The molecule has 3 rings (SSSR count). The summed E-state index contributed by atoms with van der Waals surface area (Å²) in [5.74, 6) is -0.0297. The van der Waals surface area contributed by atoms with Gasteiger partial charge in [0.25, 0.3) is 0 Å². The standard InChI is InChI=1S/C15H21N5OS/c1-3-4-12-20-9(2)11(22-12)7-17-15(21)14-13-10(5-6-16-14)18-8-19-13/h8,14,16H,3-7H2,1-2H3,(H,17,21)(H,18,19)/t14-/m0/s1. The maximum absolute atomic E-state index is 12.4. The Bertz CT molecular complexity index is 663. The van der Waals surface area contributed by atoms with Crippen LogP contribution in [0.5, 0.6) is 0 Å². The number of carbonyl (C=O) groups is 1. The number of carbonyl (C=O) groups excluding carboxylic acids is 1. The normalized spacial score (nSPS) is 17.3. The van der Waals surface area contributed by atoms with Crippen molar-refractivity contribution in [2.24, 2.45) is 0 Å². The summed E-state index contributed by atoms with van der Waals surface area (Å²) in [7, 11) is 0. The molecule has 1 aliphatic heterocycles. The molecule has 0 saturated heterocycles. The van der Waals surface area contributed by atoms with Gasteiger partial charge in [-0.3, -0.25) is 4.79 Å². The Balaban J connectivity index is 1.64. The lowest BCUT2D eigenvalue weighted by Gasteiger charge is -2.22. The first-order valence-electron chi connectivity index (χ1n) is 7.67. The van der Waals surface area contributed by atoms with E-state index >= 15 is 0 Å². The number of nitrogens with zero attached hydrogens (tertiary/aromatic N) is 2. The van der Waals surface area contributed by atoms with Crippen LogP contribution in [0.25, 0.3) is 0 Å². The molecule has 1 atom stereocenters. The van der Waals surface area contributed by atoms with Crippen LogP contribution in [-0.4, -0.2) is 27.4 Å². The van der Waals surface area contributed by atoms with Gasteiger partial charge in [0.15, 0.2) is 0 Å². The van der Waals surface area contributed by atoms with Crippen LogP contribution in [0, 0.1) is 6.92 Å². The second-order valence-electron chi connectivity index (χ2n) is 5.49. The molecule has 0 aliphatic carbocycles. The van der Waals surface area contributed by atoms with Crippen molar-refractivity contribution < 1.29 is 4.79 Å². The zero-order valence-corrected chi connectivity index (χ0v) is 13.7. The number of fused-ring (bicyclic) bond motifs is 1. The Morgan fingerprint density at radius 1 is 1.55 bits per heavy atom. The Kier molecular flexibility index (Phi) is 4.54. The number of rotatable bonds is 5. The zero-order valence-electron chi connectivity index (χ0n) is 12.9. The molecule has 0 bridgehead atoms. The third-order valence-corrected chi connectivity index (χ3v) is 5.05. The van der Waals surface area contributed by atoms with E-state index < -0.39 is 0 Å². The SMILES string of the molecule is CCCc1nc(C)c(CNC(=O)[C@H]2NCCc3[nH]cnc32)s1. The average Bonchev–Trinajstić information content (AvgIpc) is 3.11. The van der Waals surface area contributed by atoms with Crippen molar-refractivity contribution in [1.82, 2.24) is 25.6 Å². The summed E-state index contributed by atoms with van der Waals surface area (Å²) in [4.78, 5) is 25.5. The van der Waals surface area contributed by atoms with E-state index in [0.29, 0.717) is 6.54 Å². The first kappa shape index (κ1) is 15.2. The van der Waals surface area contributed by atoms with Gasteiger partial charge in [-0.05, 0) is 19.8 Å². The smallest absolute Gasteiger partial charge is 0.243 e. The monoisotopic (exact) mass is 319 g/mol. The van der Waals surface area contributed by atoms with E-state index in [1.54, 1.807) is 17.7 Å². The molecule has 2 aromatic rings. The molecule has 118 valence electrons. The molecule has 1 aliphatic rings. The van der Waals surface area contributed by atoms with Crippen molar-refractivity contribution in [3.63, 3.8) is 0 Å². The summed E-state index contributed by atoms with van der Waals surface area (Å²) >= 11 is 1.69. The molecule has 0 radical (unpaired) electrons. The maximum Gasteiger partial charge on any atom is 0.243 e. The lowest BCUT2D eigenvalue weighted by atomic mass is 10.1. The van der Waals surface area contributed by atoms with Gasteiger partial charge >= 0.3 is 0 Å². The van der Waals surface area contributed by atoms with Crippen molar-refractivity contribution in [1.29, 1.82) is 0 Å². The number of aromatic amines is 1. The van der Waals surface area contributed by atoms with Crippen LogP contribution >= 0.6 is 11.3 Å². The second-order valence-corrected chi connectivity index (χ2v) is 6.66. The quantitative estimate of drug-likeness (QED) is 0.782. The van der Waals surface area contributed by atoms with Gasteiger partial charge in [-0.15, -0.1) is 11.3 Å². The van der Waals surface area contributed by atoms with Gasteiger partial charge in [0.2, 0.25) is 5.91 Å². The number of nitrogens with one attached hydrogen (secondary N) is 3. The van der Waals surface area contributed by atoms with Gasteiger partial charge in [-0.1, -0.05) is 6.92 Å². The Morgan fingerprint density at radius 3 is 3.23 bits per heavy atom. The highest BCUT2D eigenvalue weighted by Gasteiger charge is 2.28. The van der Waals surface area contributed by atoms with Crippen molar-refractivity contribution in [2.45, 2.75) is 45.7 Å². The Morgan fingerprint density at radius 2 is 2.41 bits per heavy atom. The van der Waals surface area contributed by atoms with E-state index in [1.807, 2.05) is 6.92 Å². The molecular weight excluding hydrogens is 298 g/mol. The van der Waals surface area contributed by atoms with E-state index in [9.17, 15) is 4.79 Å². The van der Waals surface area contributed by atoms with Gasteiger partial charge in [-0.2, -0.15) is 0 Å². The number of H-pyrrole nitrogens is 1. The van der Waals surface area contributed by atoms with Gasteiger partial charge in [0.05, 0.1) is 29.3 Å². The summed E-state index contributed by atoms with van der Waals surface area (Å²) in [6, 6.07) is -0.363. The summed E-state index contributed by atoms with van der Waals surface area (Å²) in [6.07, 6.45) is 4.63. The number of amides is 1. The number of aryl methyl sites for hydroxylation is 2. The minimum Gasteiger partial charge on any atom is -0.349 e. The lowest BCUT2D eigenvalue weighted by molar-refractivity contribution is -0.123. The Hall–Kier alpha value is -1.73. The summed E-state index contributed by atoms with van der Waals surface area (Å²) in [5, 5.41) is 7.39. The van der Waals surface area contributed by atoms with Crippen LogP contribution in [-0.2, 0) is 24.2 Å². The molecule has 3 N–H and O–H groups in total. The van der Waals surface area contributed by atoms with Crippen LogP contribution in [0.2, 0.25) is 0 Å². The topological polar surface area (TPSA) is 82.7 Å². The van der Waals surface area contributed by atoms with E-state index in [0.717, 1.165) is 52.8 Å². The minimum atomic E-state index is -0.363. The summed E-state index contributed by atoms with van der Waals surface area (Å²) in [6.45, 7) is 5.47. The third kappa shape index (κ3) is 3.05. The van der Waals surface area contributed by atoms with Crippen LogP contribution in [0.3, 0.4) is 0 Å². The number of hydrogen-bond acceptors (Lipinski definition) is 5. The predicted octanol–water partition coefficient (Wildman–Crippen LogP) is 1.63. The van der Waals surface area contributed by atoms with E-state index in [2.05, 4.69) is 32.5 Å². The third-order valence-electron chi connectivity index (χ3n) is 3.83. The predicted molar refractivity (Wildman–Crippen MR) is 85.7 cm³/mol. The minimum absolute atomic E-state index is 0.0297. The maximum atomic E-state index is 12.4. The number of imidazole rings is 1.